The van der Waals surface area contributed by atoms with Crippen LogP contribution in [0.1, 0.15) is 12.2 Å². The topological polar surface area (TPSA) is 140 Å². The van der Waals surface area contributed by atoms with Gasteiger partial charge in [0.25, 0.3) is 0 Å². The SMILES string of the molecule is Cn1c(=O)oc2ccc(-c3ccnc(C[C@H](C#N)N4CCCO[C@H](C(N)=O)C4)n3)cc21. The van der Waals surface area contributed by atoms with E-state index in [9.17, 15) is 14.9 Å². The van der Waals surface area contributed by atoms with Gasteiger partial charge >= 0.3 is 5.76 Å². The molecule has 2 atom stereocenters. The van der Waals surface area contributed by atoms with Crippen LogP contribution in [0.4, 0.5) is 0 Å². The Morgan fingerprint density at radius 3 is 3.03 bits per heavy atom. The number of primary amides is 1. The smallest absolute Gasteiger partial charge is 0.408 e. The van der Waals surface area contributed by atoms with Crippen LogP contribution in [-0.2, 0) is 23.0 Å². The van der Waals surface area contributed by atoms with Gasteiger partial charge in [-0.05, 0) is 30.7 Å². The molecule has 0 bridgehead atoms. The van der Waals surface area contributed by atoms with E-state index in [1.807, 2.05) is 17.0 Å². The average Bonchev–Trinajstić information content (AvgIpc) is 2.94. The first kappa shape index (κ1) is 20.7. The molecule has 1 aromatic carbocycles. The van der Waals surface area contributed by atoms with Crippen molar-refractivity contribution in [3.63, 3.8) is 0 Å². The van der Waals surface area contributed by atoms with Crippen LogP contribution in [0.3, 0.4) is 0 Å². The predicted molar refractivity (Wildman–Crippen MR) is 111 cm³/mol. The van der Waals surface area contributed by atoms with E-state index in [1.165, 1.54) is 4.57 Å². The van der Waals surface area contributed by atoms with Crippen molar-refractivity contribution in [3.8, 4) is 17.3 Å². The molecular formula is C21H22N6O4. The third kappa shape index (κ3) is 4.33. The lowest BCUT2D eigenvalue weighted by molar-refractivity contribution is -0.129. The molecule has 3 aromatic rings. The second-order valence-corrected chi connectivity index (χ2v) is 7.43. The Bertz CT molecular complexity index is 1210. The van der Waals surface area contributed by atoms with Crippen LogP contribution in [0.5, 0.6) is 0 Å². The van der Waals surface area contributed by atoms with E-state index in [1.54, 1.807) is 25.4 Å². The van der Waals surface area contributed by atoms with Gasteiger partial charge in [0.1, 0.15) is 18.0 Å². The molecule has 4 rings (SSSR count). The van der Waals surface area contributed by atoms with E-state index in [4.69, 9.17) is 14.9 Å². The molecule has 2 N–H and O–H groups in total. The molecular weight excluding hydrogens is 400 g/mol. The number of hydrogen-bond donors (Lipinski definition) is 1. The van der Waals surface area contributed by atoms with E-state index in [0.717, 1.165) is 5.56 Å². The number of benzene rings is 1. The minimum atomic E-state index is -0.737. The summed E-state index contributed by atoms with van der Waals surface area (Å²) in [7, 11) is 1.64. The number of nitrogens with zero attached hydrogens (tertiary/aromatic N) is 5. The number of oxazole rings is 1. The standard InChI is InChI=1S/C21H22N6O4/c1-26-16-9-13(3-4-17(16)31-21(26)29)15-5-6-24-19(25-15)10-14(11-22)27-7-2-8-30-18(12-27)20(23)28/h3-6,9,14,18H,2,7-8,10,12H2,1H3,(H2,23,28)/t14-,18+/m1/s1. The van der Waals surface area contributed by atoms with Gasteiger partial charge in [0.05, 0.1) is 17.3 Å². The van der Waals surface area contributed by atoms with Crippen molar-refractivity contribution in [1.82, 2.24) is 19.4 Å². The number of nitriles is 1. The third-order valence-corrected chi connectivity index (χ3v) is 5.38. The zero-order valence-corrected chi connectivity index (χ0v) is 17.0. The first-order valence-corrected chi connectivity index (χ1v) is 9.92. The number of ether oxygens (including phenoxy) is 1. The van der Waals surface area contributed by atoms with Crippen molar-refractivity contribution in [3.05, 3.63) is 46.8 Å². The monoisotopic (exact) mass is 422 g/mol. The Labute approximate surface area is 177 Å². The van der Waals surface area contributed by atoms with Crippen LogP contribution in [0.25, 0.3) is 22.4 Å². The number of carbonyl (C=O) groups is 1. The van der Waals surface area contributed by atoms with Gasteiger partial charge in [-0.3, -0.25) is 14.3 Å². The quantitative estimate of drug-likeness (QED) is 0.630. The zero-order valence-electron chi connectivity index (χ0n) is 17.0. The second kappa shape index (κ2) is 8.67. The molecule has 1 aliphatic heterocycles. The molecule has 31 heavy (non-hydrogen) atoms. The Morgan fingerprint density at radius 2 is 2.26 bits per heavy atom. The summed E-state index contributed by atoms with van der Waals surface area (Å²) in [5.41, 5.74) is 8.05. The normalized spacial score (nSPS) is 18.4. The summed E-state index contributed by atoms with van der Waals surface area (Å²) < 4.78 is 12.1. The summed E-state index contributed by atoms with van der Waals surface area (Å²) in [5, 5.41) is 9.75. The fourth-order valence-corrected chi connectivity index (χ4v) is 3.68. The van der Waals surface area contributed by atoms with Crippen LogP contribution < -0.4 is 11.5 Å². The van der Waals surface area contributed by atoms with Gasteiger partial charge in [-0.2, -0.15) is 5.26 Å². The van der Waals surface area contributed by atoms with Crippen LogP contribution >= 0.6 is 0 Å². The van der Waals surface area contributed by atoms with Crippen molar-refractivity contribution >= 4 is 17.0 Å². The van der Waals surface area contributed by atoms with Crippen molar-refractivity contribution < 1.29 is 13.9 Å². The second-order valence-electron chi connectivity index (χ2n) is 7.43. The Balaban J connectivity index is 1.57. The number of rotatable bonds is 5. The fourth-order valence-electron chi connectivity index (χ4n) is 3.68. The zero-order chi connectivity index (χ0) is 22.0. The Morgan fingerprint density at radius 1 is 1.42 bits per heavy atom. The highest BCUT2D eigenvalue weighted by Crippen LogP contribution is 2.22. The van der Waals surface area contributed by atoms with Crippen LogP contribution in [-0.4, -0.2) is 57.2 Å². The van der Waals surface area contributed by atoms with E-state index in [-0.39, 0.29) is 6.54 Å². The minimum absolute atomic E-state index is 0.262. The molecule has 3 heterocycles. The lowest BCUT2D eigenvalue weighted by Crippen LogP contribution is -2.45. The number of amides is 1. The molecule has 2 aromatic heterocycles. The lowest BCUT2D eigenvalue weighted by Gasteiger charge is -2.26. The maximum absolute atomic E-state index is 11.7. The van der Waals surface area contributed by atoms with Crippen molar-refractivity contribution in [2.75, 3.05) is 19.7 Å². The minimum Gasteiger partial charge on any atom is -0.408 e. The summed E-state index contributed by atoms with van der Waals surface area (Å²) in [4.78, 5) is 34.1. The van der Waals surface area contributed by atoms with Crippen LogP contribution in [0.15, 0.2) is 39.7 Å². The molecule has 1 amide bonds. The third-order valence-electron chi connectivity index (χ3n) is 5.38. The van der Waals surface area contributed by atoms with Crippen molar-refractivity contribution in [2.45, 2.75) is 25.0 Å². The maximum atomic E-state index is 11.7. The van der Waals surface area contributed by atoms with Gasteiger partial charge in [-0.15, -0.1) is 0 Å². The van der Waals surface area contributed by atoms with Gasteiger partial charge in [-0.1, -0.05) is 0 Å². The van der Waals surface area contributed by atoms with E-state index in [0.29, 0.717) is 48.6 Å². The number of aromatic nitrogens is 3. The number of hydrogen-bond acceptors (Lipinski definition) is 8. The molecule has 0 spiro atoms. The molecule has 1 aliphatic rings. The summed E-state index contributed by atoms with van der Waals surface area (Å²) in [6, 6.07) is 8.92. The van der Waals surface area contributed by atoms with Gasteiger partial charge in [0.2, 0.25) is 5.91 Å². The molecule has 10 nitrogen and oxygen atoms in total. The number of carbonyl (C=O) groups excluding carboxylic acids is 1. The molecule has 160 valence electrons. The lowest BCUT2D eigenvalue weighted by atomic mass is 10.1. The van der Waals surface area contributed by atoms with Crippen molar-refractivity contribution in [2.24, 2.45) is 12.8 Å². The number of fused-ring (bicyclic) bond motifs is 1. The largest absolute Gasteiger partial charge is 0.419 e. The van der Waals surface area contributed by atoms with E-state index >= 15 is 0 Å². The highest BCUT2D eigenvalue weighted by molar-refractivity contribution is 5.80. The Hall–Kier alpha value is -3.55. The molecule has 1 saturated heterocycles. The summed E-state index contributed by atoms with van der Waals surface area (Å²) in [6.07, 6.45) is 1.90. The highest BCUT2D eigenvalue weighted by Gasteiger charge is 2.28. The predicted octanol–water partition coefficient (Wildman–Crippen LogP) is 0.599. The summed E-state index contributed by atoms with van der Waals surface area (Å²) in [5.74, 6) is -0.458. The summed E-state index contributed by atoms with van der Waals surface area (Å²) >= 11 is 0. The molecule has 0 aliphatic carbocycles. The molecule has 0 unspecified atom stereocenters. The highest BCUT2D eigenvalue weighted by atomic mass is 16.5. The van der Waals surface area contributed by atoms with Gasteiger partial charge in [-0.25, -0.2) is 14.8 Å². The molecule has 10 heteroatoms. The van der Waals surface area contributed by atoms with Crippen LogP contribution in [0, 0.1) is 11.3 Å². The molecule has 0 saturated carbocycles. The first-order chi connectivity index (χ1) is 15.0. The number of aryl methyl sites for hydroxylation is 1. The van der Waals surface area contributed by atoms with Gasteiger partial charge in [0.15, 0.2) is 5.58 Å². The fraction of sp³-hybridized carbons (Fsp3) is 0.381. The maximum Gasteiger partial charge on any atom is 0.419 e. The van der Waals surface area contributed by atoms with Crippen LogP contribution in [0.2, 0.25) is 0 Å². The number of nitrogens with two attached hydrogens (primary N) is 1. The first-order valence-electron chi connectivity index (χ1n) is 9.92. The summed E-state index contributed by atoms with van der Waals surface area (Å²) in [6.45, 7) is 1.30. The van der Waals surface area contributed by atoms with Gasteiger partial charge < -0.3 is 14.9 Å². The van der Waals surface area contributed by atoms with E-state index < -0.39 is 23.8 Å². The molecule has 1 fully saturated rings. The average molecular weight is 422 g/mol. The molecule has 0 radical (unpaired) electrons. The Kier molecular flexibility index (Phi) is 5.79. The van der Waals surface area contributed by atoms with Crippen molar-refractivity contribution in [1.29, 1.82) is 5.26 Å². The van der Waals surface area contributed by atoms with Gasteiger partial charge in [0, 0.05) is 44.9 Å². The van der Waals surface area contributed by atoms with E-state index in [2.05, 4.69) is 16.0 Å².